The molecule has 0 saturated heterocycles. The Balaban J connectivity index is 3.78. The van der Waals surface area contributed by atoms with Crippen LogP contribution in [-0.4, -0.2) is 48.9 Å². The second-order valence-electron chi connectivity index (χ2n) is 3.06. The van der Waals surface area contributed by atoms with Gasteiger partial charge in [0, 0.05) is 27.4 Å². The molecule has 0 aromatic heterocycles. The van der Waals surface area contributed by atoms with Crippen LogP contribution in [0.5, 0.6) is 0 Å². The molecule has 0 spiro atoms. The van der Waals surface area contributed by atoms with Crippen LogP contribution in [0.4, 0.5) is 9.59 Å². The summed E-state index contributed by atoms with van der Waals surface area (Å²) in [6, 6.07) is 0.487. The number of primary amides is 1. The molecule has 106 valence electrons. The van der Waals surface area contributed by atoms with Crippen molar-refractivity contribution in [2.45, 2.75) is 12.5 Å². The molecule has 0 aliphatic heterocycles. The molecule has 0 atom stereocenters. The fraction of sp³-hybridized carbons (Fsp3) is 0.750. The molecule has 18 heavy (non-hydrogen) atoms. The Labute approximate surface area is 106 Å². The molecule has 0 heterocycles. The Morgan fingerprint density at radius 3 is 2.17 bits per heavy atom. The minimum absolute atomic E-state index is 0.0960. The highest BCUT2D eigenvalue weighted by Crippen LogP contribution is 2.14. The van der Waals surface area contributed by atoms with E-state index in [1.54, 1.807) is 5.48 Å². The summed E-state index contributed by atoms with van der Waals surface area (Å²) in [6.07, 6.45) is -1.56. The van der Waals surface area contributed by atoms with Crippen molar-refractivity contribution in [1.82, 2.24) is 5.48 Å². The SMILES string of the molecule is CO[Si](CCCOC(=O)NOC(N)=O)(OC)OC. The van der Waals surface area contributed by atoms with Crippen molar-refractivity contribution >= 4 is 21.0 Å². The molecule has 10 heteroatoms. The fourth-order valence-electron chi connectivity index (χ4n) is 1.13. The quantitative estimate of drug-likeness (QED) is 0.383. The number of nitrogens with two attached hydrogens (primary N) is 1. The van der Waals surface area contributed by atoms with Crippen molar-refractivity contribution < 1.29 is 32.4 Å². The third kappa shape index (κ3) is 6.39. The summed E-state index contributed by atoms with van der Waals surface area (Å²) in [5.74, 6) is 0. The first-order valence-corrected chi connectivity index (χ1v) is 6.97. The van der Waals surface area contributed by atoms with Crippen molar-refractivity contribution in [3.05, 3.63) is 0 Å². The van der Waals surface area contributed by atoms with Gasteiger partial charge in [0.05, 0.1) is 6.61 Å². The van der Waals surface area contributed by atoms with Crippen LogP contribution >= 0.6 is 0 Å². The van der Waals surface area contributed by atoms with Gasteiger partial charge in [-0.25, -0.2) is 9.59 Å². The zero-order valence-corrected chi connectivity index (χ0v) is 11.6. The highest BCUT2D eigenvalue weighted by Gasteiger charge is 2.36. The molecule has 0 saturated carbocycles. The van der Waals surface area contributed by atoms with Crippen LogP contribution in [0.25, 0.3) is 0 Å². The lowest BCUT2D eigenvalue weighted by Crippen LogP contribution is -2.42. The summed E-state index contributed by atoms with van der Waals surface area (Å²) in [7, 11) is 1.84. The van der Waals surface area contributed by atoms with Gasteiger partial charge in [0.15, 0.2) is 0 Å². The maximum Gasteiger partial charge on any atom is 0.500 e. The Kier molecular flexibility index (Phi) is 8.03. The van der Waals surface area contributed by atoms with Crippen molar-refractivity contribution in [3.8, 4) is 0 Å². The van der Waals surface area contributed by atoms with Gasteiger partial charge in [0.2, 0.25) is 0 Å². The maximum absolute atomic E-state index is 10.9. The third-order valence-corrected chi connectivity index (χ3v) is 4.86. The molecule has 0 aromatic carbocycles. The van der Waals surface area contributed by atoms with E-state index in [1.807, 2.05) is 0 Å². The van der Waals surface area contributed by atoms with Gasteiger partial charge < -0.3 is 28.6 Å². The van der Waals surface area contributed by atoms with E-state index in [1.165, 1.54) is 21.3 Å². The Morgan fingerprint density at radius 2 is 1.72 bits per heavy atom. The fourth-order valence-corrected chi connectivity index (χ4v) is 2.82. The smallest absolute Gasteiger partial charge is 0.447 e. The van der Waals surface area contributed by atoms with Crippen LogP contribution in [0.2, 0.25) is 6.04 Å². The summed E-state index contributed by atoms with van der Waals surface area (Å²) in [6.45, 7) is 0.0960. The molecular formula is C8H18N2O7Si. The largest absolute Gasteiger partial charge is 0.500 e. The average Bonchev–Trinajstić information content (AvgIpc) is 2.37. The first-order valence-electron chi connectivity index (χ1n) is 5.04. The molecule has 2 amide bonds. The highest BCUT2D eigenvalue weighted by molar-refractivity contribution is 6.60. The minimum atomic E-state index is -2.64. The number of carbonyl (C=O) groups is 2. The van der Waals surface area contributed by atoms with Crippen LogP contribution in [0.3, 0.4) is 0 Å². The minimum Gasteiger partial charge on any atom is -0.447 e. The van der Waals surface area contributed by atoms with Gasteiger partial charge in [-0.2, -0.15) is 0 Å². The molecular weight excluding hydrogens is 264 g/mol. The number of hydrogen-bond donors (Lipinski definition) is 2. The van der Waals surface area contributed by atoms with Gasteiger partial charge in [0.25, 0.3) is 0 Å². The van der Waals surface area contributed by atoms with Crippen LogP contribution in [0.1, 0.15) is 6.42 Å². The lowest BCUT2D eigenvalue weighted by Gasteiger charge is -2.23. The van der Waals surface area contributed by atoms with Crippen LogP contribution in [-0.2, 0) is 22.9 Å². The normalized spacial score (nSPS) is 10.8. The predicted octanol–water partition coefficient (Wildman–Crippen LogP) is -0.00890. The lowest BCUT2D eigenvalue weighted by molar-refractivity contribution is 0.0666. The predicted molar refractivity (Wildman–Crippen MR) is 61.4 cm³/mol. The van der Waals surface area contributed by atoms with Gasteiger partial charge in [-0.3, -0.25) is 0 Å². The first kappa shape index (κ1) is 16.6. The first-order chi connectivity index (χ1) is 8.49. The van der Waals surface area contributed by atoms with Gasteiger partial charge in [-0.1, -0.05) is 0 Å². The topological polar surface area (TPSA) is 118 Å². The second-order valence-corrected chi connectivity index (χ2v) is 6.15. The maximum atomic E-state index is 10.9. The van der Waals surface area contributed by atoms with Crippen LogP contribution in [0, 0.1) is 0 Å². The van der Waals surface area contributed by atoms with Crippen molar-refractivity contribution in [2.24, 2.45) is 5.73 Å². The lowest BCUT2D eigenvalue weighted by atomic mass is 10.5. The Morgan fingerprint density at radius 1 is 1.17 bits per heavy atom. The second kappa shape index (κ2) is 8.69. The number of carbonyl (C=O) groups excluding carboxylic acids is 2. The monoisotopic (exact) mass is 282 g/mol. The van der Waals surface area contributed by atoms with Gasteiger partial charge in [-0.05, 0) is 6.42 Å². The number of ether oxygens (including phenoxy) is 1. The van der Waals surface area contributed by atoms with E-state index in [2.05, 4.69) is 10.6 Å². The number of hydrogen-bond acceptors (Lipinski definition) is 7. The summed E-state index contributed by atoms with van der Waals surface area (Å²) in [5.41, 5.74) is 6.33. The Hall–Kier alpha value is -1.36. The number of nitrogens with one attached hydrogen (secondary N) is 1. The zero-order chi connectivity index (χ0) is 14.0. The molecule has 0 fully saturated rings. The Bertz CT molecular complexity index is 264. The van der Waals surface area contributed by atoms with Crippen LogP contribution in [0.15, 0.2) is 0 Å². The van der Waals surface area contributed by atoms with E-state index >= 15 is 0 Å². The van der Waals surface area contributed by atoms with Crippen molar-refractivity contribution in [2.75, 3.05) is 27.9 Å². The summed E-state index contributed by atoms with van der Waals surface area (Å²) >= 11 is 0. The molecule has 3 N–H and O–H groups in total. The molecule has 0 radical (unpaired) electrons. The van der Waals surface area contributed by atoms with Crippen LogP contribution < -0.4 is 11.2 Å². The zero-order valence-electron chi connectivity index (χ0n) is 10.6. The summed E-state index contributed by atoms with van der Waals surface area (Å²) in [4.78, 5) is 25.1. The van der Waals surface area contributed by atoms with Crippen molar-refractivity contribution in [1.29, 1.82) is 0 Å². The van der Waals surface area contributed by atoms with E-state index in [0.29, 0.717) is 12.5 Å². The molecule has 0 bridgehead atoms. The molecule has 0 rings (SSSR count). The van der Waals surface area contributed by atoms with E-state index in [0.717, 1.165) is 0 Å². The van der Waals surface area contributed by atoms with E-state index < -0.39 is 21.0 Å². The molecule has 0 unspecified atom stereocenters. The van der Waals surface area contributed by atoms with Crippen molar-refractivity contribution in [3.63, 3.8) is 0 Å². The number of hydroxylamine groups is 1. The van der Waals surface area contributed by atoms with Gasteiger partial charge in [0.1, 0.15) is 0 Å². The molecule has 0 aromatic rings. The van der Waals surface area contributed by atoms with E-state index in [4.69, 9.17) is 18.0 Å². The molecule has 0 aliphatic carbocycles. The highest BCUT2D eigenvalue weighted by atomic mass is 28.4. The third-order valence-electron chi connectivity index (χ3n) is 2.03. The standard InChI is InChI=1S/C8H18N2O7Si/c1-13-18(14-2,15-3)6-4-5-16-8(12)10-17-7(9)11/h4-6H2,1-3H3,(H2,9,11)(H,10,12). The molecule has 9 nitrogen and oxygen atoms in total. The number of rotatable bonds is 7. The summed E-state index contributed by atoms with van der Waals surface area (Å²) < 4.78 is 20.2. The molecule has 0 aliphatic rings. The van der Waals surface area contributed by atoms with Gasteiger partial charge in [-0.15, -0.1) is 5.48 Å². The summed E-state index contributed by atoms with van der Waals surface area (Å²) in [5, 5.41) is 0. The average molecular weight is 282 g/mol. The van der Waals surface area contributed by atoms with E-state index in [-0.39, 0.29) is 6.61 Å². The number of amides is 2. The van der Waals surface area contributed by atoms with E-state index in [9.17, 15) is 9.59 Å². The van der Waals surface area contributed by atoms with Gasteiger partial charge >= 0.3 is 21.0 Å².